The summed E-state index contributed by atoms with van der Waals surface area (Å²) in [5, 5.41) is 0. The molecule has 0 aliphatic rings. The second-order valence-electron chi connectivity index (χ2n) is 5.01. The van der Waals surface area contributed by atoms with E-state index in [4.69, 9.17) is 10.5 Å². The van der Waals surface area contributed by atoms with Crippen molar-refractivity contribution in [2.45, 2.75) is 19.9 Å². The maximum atomic E-state index is 10.6. The monoisotopic (exact) mass is 359 g/mol. The van der Waals surface area contributed by atoms with E-state index in [1.165, 1.54) is 6.33 Å². The molecule has 2 heterocycles. The molecule has 0 aromatic carbocycles. The Labute approximate surface area is 178 Å². The number of anilines is 1. The molecule has 0 bridgehead atoms. The SMILES string of the molecule is CC(C)[C@@H](COCP(=O)([O-])[O-])n1cnc2c(N)ncnc21.[Na+].[Na+]. The van der Waals surface area contributed by atoms with Crippen LogP contribution in [0.5, 0.6) is 0 Å². The van der Waals surface area contributed by atoms with Crippen LogP contribution in [-0.4, -0.2) is 32.5 Å². The van der Waals surface area contributed by atoms with Crippen molar-refractivity contribution in [2.24, 2.45) is 5.92 Å². The van der Waals surface area contributed by atoms with E-state index in [-0.39, 0.29) is 83.5 Å². The van der Waals surface area contributed by atoms with Gasteiger partial charge in [-0.05, 0) is 13.5 Å². The van der Waals surface area contributed by atoms with E-state index in [0.29, 0.717) is 11.2 Å². The minimum absolute atomic E-state index is 0. The van der Waals surface area contributed by atoms with Gasteiger partial charge >= 0.3 is 59.1 Å². The van der Waals surface area contributed by atoms with Crippen LogP contribution in [0.15, 0.2) is 12.7 Å². The number of aromatic nitrogens is 4. The van der Waals surface area contributed by atoms with Gasteiger partial charge in [-0.2, -0.15) is 0 Å². The molecule has 0 fully saturated rings. The zero-order valence-electron chi connectivity index (χ0n) is 13.7. The molecule has 116 valence electrons. The maximum Gasteiger partial charge on any atom is 1.00 e. The Balaban J connectivity index is 0.00000242. The smallest absolute Gasteiger partial charge is 0.809 e. The molecule has 9 nitrogen and oxygen atoms in total. The van der Waals surface area contributed by atoms with Crippen LogP contribution in [0.1, 0.15) is 19.9 Å². The van der Waals surface area contributed by atoms with Crippen LogP contribution in [0.3, 0.4) is 0 Å². The number of nitrogen functional groups attached to an aromatic ring is 1. The average Bonchev–Trinajstić information content (AvgIpc) is 2.78. The maximum absolute atomic E-state index is 10.6. The van der Waals surface area contributed by atoms with Gasteiger partial charge in [-0.1, -0.05) is 13.8 Å². The Hall–Kier alpha value is 0.460. The van der Waals surface area contributed by atoms with Crippen molar-refractivity contribution < 1.29 is 78.2 Å². The number of ether oxygens (including phenoxy) is 1. The van der Waals surface area contributed by atoms with Gasteiger partial charge in [0.15, 0.2) is 11.5 Å². The Kier molecular flexibility index (Phi) is 10.0. The van der Waals surface area contributed by atoms with Crippen molar-refractivity contribution in [1.29, 1.82) is 0 Å². The van der Waals surface area contributed by atoms with E-state index < -0.39 is 13.9 Å². The number of imidazole rings is 1. The van der Waals surface area contributed by atoms with Crippen LogP contribution in [0, 0.1) is 5.92 Å². The molecule has 0 aliphatic heterocycles. The molecule has 0 amide bonds. The van der Waals surface area contributed by atoms with Gasteiger partial charge in [0.25, 0.3) is 0 Å². The Bertz CT molecular complexity index is 677. The molecular formula is C11H16N5Na2O4P. The fourth-order valence-electron chi connectivity index (χ4n) is 1.99. The molecule has 2 aromatic rings. The third kappa shape index (κ3) is 6.36. The minimum atomic E-state index is -4.68. The number of nitrogens with two attached hydrogens (primary N) is 1. The van der Waals surface area contributed by atoms with Crippen LogP contribution in [0.4, 0.5) is 5.82 Å². The number of rotatable bonds is 6. The Morgan fingerprint density at radius 2 is 1.96 bits per heavy atom. The van der Waals surface area contributed by atoms with E-state index in [2.05, 4.69) is 15.0 Å². The van der Waals surface area contributed by atoms with E-state index in [0.717, 1.165) is 0 Å². The predicted molar refractivity (Wildman–Crippen MR) is 72.0 cm³/mol. The van der Waals surface area contributed by atoms with Crippen molar-refractivity contribution in [3.63, 3.8) is 0 Å². The average molecular weight is 359 g/mol. The summed E-state index contributed by atoms with van der Waals surface area (Å²) in [5.41, 5.74) is 6.74. The first-order chi connectivity index (χ1) is 9.79. The van der Waals surface area contributed by atoms with Crippen molar-refractivity contribution in [3.8, 4) is 0 Å². The summed E-state index contributed by atoms with van der Waals surface area (Å²) in [4.78, 5) is 33.4. The van der Waals surface area contributed by atoms with Gasteiger partial charge in [-0.3, -0.25) is 0 Å². The van der Waals surface area contributed by atoms with E-state index in [1.54, 1.807) is 10.9 Å². The van der Waals surface area contributed by atoms with Gasteiger partial charge in [0.05, 0.1) is 25.3 Å². The van der Waals surface area contributed by atoms with Gasteiger partial charge in [0.1, 0.15) is 11.8 Å². The first kappa shape index (κ1) is 23.5. The molecule has 0 radical (unpaired) electrons. The summed E-state index contributed by atoms with van der Waals surface area (Å²) in [6.45, 7) is 3.94. The fraction of sp³-hybridized carbons (Fsp3) is 0.545. The summed E-state index contributed by atoms with van der Waals surface area (Å²) in [5.74, 6) is 0.377. The molecule has 0 aliphatic carbocycles. The zero-order valence-corrected chi connectivity index (χ0v) is 18.6. The first-order valence-corrected chi connectivity index (χ1v) is 8.04. The molecule has 0 spiro atoms. The number of nitrogens with zero attached hydrogens (tertiary/aromatic N) is 4. The second-order valence-corrected chi connectivity index (χ2v) is 6.49. The molecule has 2 rings (SSSR count). The standard InChI is InChI=1S/C11H18N5O4P.2Na/c1-7(2)8(3-20-6-21(17,18)19)16-5-15-9-10(12)13-4-14-11(9)16;;/h4-5,7-8H,3,6H2,1-2H3,(H2,12,13,14)(H2,17,18,19);;/q;2*+1/p-2/t8-;;/m1../s1. The van der Waals surface area contributed by atoms with E-state index in [1.807, 2.05) is 13.8 Å². The van der Waals surface area contributed by atoms with Gasteiger partial charge < -0.3 is 29.4 Å². The van der Waals surface area contributed by atoms with E-state index >= 15 is 0 Å². The van der Waals surface area contributed by atoms with Gasteiger partial charge in [-0.15, -0.1) is 0 Å². The summed E-state index contributed by atoms with van der Waals surface area (Å²) in [7, 11) is -4.68. The van der Waals surface area contributed by atoms with Crippen molar-refractivity contribution in [1.82, 2.24) is 19.5 Å². The summed E-state index contributed by atoms with van der Waals surface area (Å²) in [6.07, 6.45) is 2.05. The largest absolute Gasteiger partial charge is 1.00 e. The van der Waals surface area contributed by atoms with Gasteiger partial charge in [-0.25, -0.2) is 15.0 Å². The van der Waals surface area contributed by atoms with Crippen molar-refractivity contribution in [2.75, 3.05) is 18.7 Å². The number of hydrogen-bond acceptors (Lipinski definition) is 8. The topological polar surface area (TPSA) is 142 Å². The molecular weight excluding hydrogens is 343 g/mol. The van der Waals surface area contributed by atoms with Crippen LogP contribution >= 0.6 is 7.60 Å². The van der Waals surface area contributed by atoms with Crippen LogP contribution in [0.2, 0.25) is 0 Å². The first-order valence-electron chi connectivity index (χ1n) is 6.31. The molecule has 12 heteroatoms. The molecule has 2 aromatic heterocycles. The fourth-order valence-corrected chi connectivity index (χ4v) is 2.32. The second kappa shape index (κ2) is 9.82. The van der Waals surface area contributed by atoms with Gasteiger partial charge in [0.2, 0.25) is 0 Å². The normalized spacial score (nSPS) is 12.7. The van der Waals surface area contributed by atoms with Crippen LogP contribution in [0.25, 0.3) is 11.2 Å². The molecule has 2 N–H and O–H groups in total. The van der Waals surface area contributed by atoms with Crippen LogP contribution < -0.4 is 74.6 Å². The Morgan fingerprint density at radius 3 is 2.52 bits per heavy atom. The Morgan fingerprint density at radius 1 is 1.30 bits per heavy atom. The quantitative estimate of drug-likeness (QED) is 0.396. The molecule has 0 saturated carbocycles. The van der Waals surface area contributed by atoms with Crippen molar-refractivity contribution >= 4 is 24.6 Å². The van der Waals surface area contributed by atoms with Gasteiger partial charge in [0, 0.05) is 0 Å². The minimum Gasteiger partial charge on any atom is -0.809 e. The van der Waals surface area contributed by atoms with Crippen LogP contribution in [-0.2, 0) is 9.30 Å². The molecule has 1 atom stereocenters. The molecule has 0 unspecified atom stereocenters. The number of hydrogen-bond donors (Lipinski definition) is 1. The molecule has 23 heavy (non-hydrogen) atoms. The van der Waals surface area contributed by atoms with Crippen molar-refractivity contribution in [3.05, 3.63) is 12.7 Å². The summed E-state index contributed by atoms with van der Waals surface area (Å²) in [6, 6.07) is -0.226. The number of fused-ring (bicyclic) bond motifs is 1. The third-order valence-electron chi connectivity index (χ3n) is 3.05. The van der Waals surface area contributed by atoms with E-state index in [9.17, 15) is 14.4 Å². The molecule has 0 saturated heterocycles. The summed E-state index contributed by atoms with van der Waals surface area (Å²) >= 11 is 0. The summed E-state index contributed by atoms with van der Waals surface area (Å²) < 4.78 is 17.4. The third-order valence-corrected chi connectivity index (χ3v) is 3.55. The predicted octanol–water partition coefficient (Wildman–Crippen LogP) is -6.50. The zero-order chi connectivity index (χ0) is 15.6.